The molecule has 3 heterocycles. The first kappa shape index (κ1) is 17.7. The normalized spacial score (nSPS) is 15.6. The second kappa shape index (κ2) is 7.24. The fourth-order valence-corrected chi connectivity index (χ4v) is 4.23. The highest BCUT2D eigenvalue weighted by Gasteiger charge is 2.14. The summed E-state index contributed by atoms with van der Waals surface area (Å²) in [5, 5.41) is 4.93. The summed E-state index contributed by atoms with van der Waals surface area (Å²) in [7, 11) is 0. The summed E-state index contributed by atoms with van der Waals surface area (Å²) < 4.78 is 11.4. The van der Waals surface area contributed by atoms with Crippen LogP contribution in [0.1, 0.15) is 5.56 Å². The van der Waals surface area contributed by atoms with Crippen LogP contribution in [0, 0.1) is 6.92 Å². The van der Waals surface area contributed by atoms with Gasteiger partial charge in [-0.3, -0.25) is 4.90 Å². The van der Waals surface area contributed by atoms with Crippen molar-refractivity contribution in [2.45, 2.75) is 6.92 Å². The molecule has 28 heavy (non-hydrogen) atoms. The molecule has 1 aliphatic rings. The first-order chi connectivity index (χ1) is 13.7. The van der Waals surface area contributed by atoms with Gasteiger partial charge in [0.25, 0.3) is 0 Å². The van der Waals surface area contributed by atoms with E-state index in [9.17, 15) is 0 Å². The van der Waals surface area contributed by atoms with Crippen LogP contribution < -0.4 is 4.74 Å². The van der Waals surface area contributed by atoms with Gasteiger partial charge in [0, 0.05) is 42.1 Å². The zero-order chi connectivity index (χ0) is 19.1. The Morgan fingerprint density at radius 1 is 1.18 bits per heavy atom. The molecule has 5 rings (SSSR count). The summed E-state index contributed by atoms with van der Waals surface area (Å²) in [5.74, 6) is 0.889. The topological polar surface area (TPSA) is 50.4 Å². The van der Waals surface area contributed by atoms with Crippen LogP contribution in [0.15, 0.2) is 36.5 Å². The van der Waals surface area contributed by atoms with Gasteiger partial charge in [0.05, 0.1) is 18.7 Å². The first-order valence-corrected chi connectivity index (χ1v) is 10.0. The van der Waals surface area contributed by atoms with Gasteiger partial charge >= 0.3 is 0 Å². The Kier molecular flexibility index (Phi) is 4.59. The summed E-state index contributed by atoms with van der Waals surface area (Å²) in [6, 6.07) is 10.5. The molecule has 0 spiro atoms. The van der Waals surface area contributed by atoms with Crippen LogP contribution in [0.25, 0.3) is 32.6 Å². The van der Waals surface area contributed by atoms with Gasteiger partial charge < -0.3 is 14.5 Å². The highest BCUT2D eigenvalue weighted by molar-refractivity contribution is 6.38. The fourth-order valence-electron chi connectivity index (χ4n) is 4.00. The minimum Gasteiger partial charge on any atom is -0.492 e. The molecule has 1 saturated heterocycles. The van der Waals surface area contributed by atoms with Crippen LogP contribution in [-0.2, 0) is 4.74 Å². The van der Waals surface area contributed by atoms with Crippen LogP contribution in [0.3, 0.4) is 0 Å². The zero-order valence-electron chi connectivity index (χ0n) is 15.8. The number of hydrogen-bond donors (Lipinski definition) is 1. The van der Waals surface area contributed by atoms with Gasteiger partial charge in [0.1, 0.15) is 17.5 Å². The third-order valence-electron chi connectivity index (χ3n) is 5.50. The van der Waals surface area contributed by atoms with E-state index in [0.717, 1.165) is 76.7 Å². The highest BCUT2D eigenvalue weighted by Crippen LogP contribution is 2.37. The molecule has 0 unspecified atom stereocenters. The lowest BCUT2D eigenvalue weighted by molar-refractivity contribution is 0.0322. The molecule has 1 aliphatic heterocycles. The number of halogens is 1. The summed E-state index contributed by atoms with van der Waals surface area (Å²) in [6.07, 6.45) is 1.81. The van der Waals surface area contributed by atoms with Gasteiger partial charge in [-0.1, -0.05) is 17.7 Å². The molecule has 1 N–H and O–H groups in total. The van der Waals surface area contributed by atoms with Gasteiger partial charge in [0.2, 0.25) is 0 Å². The number of benzene rings is 2. The van der Waals surface area contributed by atoms with Crippen LogP contribution >= 0.6 is 11.6 Å². The van der Waals surface area contributed by atoms with Crippen molar-refractivity contribution in [2.75, 3.05) is 39.5 Å². The molecule has 0 saturated carbocycles. The molecule has 0 amide bonds. The van der Waals surface area contributed by atoms with E-state index in [1.807, 2.05) is 19.2 Å². The van der Waals surface area contributed by atoms with Crippen LogP contribution in [-0.4, -0.2) is 54.3 Å². The number of pyridine rings is 1. The first-order valence-electron chi connectivity index (χ1n) is 9.63. The molecule has 2 aromatic carbocycles. The monoisotopic (exact) mass is 395 g/mol. The van der Waals surface area contributed by atoms with E-state index in [-0.39, 0.29) is 0 Å². The molecular weight excluding hydrogens is 374 g/mol. The summed E-state index contributed by atoms with van der Waals surface area (Å²) in [4.78, 5) is 10.2. The number of hydrogen-bond acceptors (Lipinski definition) is 4. The van der Waals surface area contributed by atoms with Crippen molar-refractivity contribution >= 4 is 44.2 Å². The molecular formula is C22H22ClN3O2. The van der Waals surface area contributed by atoms with Crippen molar-refractivity contribution < 1.29 is 9.47 Å². The predicted octanol–water partition coefficient (Wildman–Crippen LogP) is 4.54. The van der Waals surface area contributed by atoms with Crippen molar-refractivity contribution in [1.82, 2.24) is 14.9 Å². The van der Waals surface area contributed by atoms with Crippen LogP contribution in [0.4, 0.5) is 0 Å². The second-order valence-electron chi connectivity index (χ2n) is 7.28. The number of ether oxygens (including phenoxy) is 2. The van der Waals surface area contributed by atoms with E-state index in [1.54, 1.807) is 0 Å². The minimum absolute atomic E-state index is 0.533. The predicted molar refractivity (Wildman–Crippen MR) is 114 cm³/mol. The third kappa shape index (κ3) is 3.09. The molecule has 0 radical (unpaired) electrons. The number of morpholine rings is 1. The van der Waals surface area contributed by atoms with Crippen molar-refractivity contribution in [3.63, 3.8) is 0 Å². The van der Waals surface area contributed by atoms with E-state index in [1.165, 1.54) is 0 Å². The van der Waals surface area contributed by atoms with Crippen molar-refractivity contribution in [3.8, 4) is 5.75 Å². The van der Waals surface area contributed by atoms with Gasteiger partial charge in [0.15, 0.2) is 0 Å². The SMILES string of the molecule is Cc1cnc(Cl)c2c1[nH]c1ccc3cc(OCCN4CCOCC4)ccc3c12. The number of rotatable bonds is 4. The molecule has 5 nitrogen and oxygen atoms in total. The lowest BCUT2D eigenvalue weighted by Gasteiger charge is -2.26. The number of nitrogens with zero attached hydrogens (tertiary/aromatic N) is 2. The molecule has 0 aliphatic carbocycles. The van der Waals surface area contributed by atoms with Gasteiger partial charge in [-0.15, -0.1) is 0 Å². The Hall–Kier alpha value is -2.34. The maximum Gasteiger partial charge on any atom is 0.139 e. The molecule has 0 bridgehead atoms. The zero-order valence-corrected chi connectivity index (χ0v) is 16.6. The molecule has 6 heteroatoms. The van der Waals surface area contributed by atoms with Gasteiger partial charge in [-0.2, -0.15) is 0 Å². The van der Waals surface area contributed by atoms with Crippen LogP contribution in [0.2, 0.25) is 5.15 Å². The van der Waals surface area contributed by atoms with Gasteiger partial charge in [-0.25, -0.2) is 4.98 Å². The highest BCUT2D eigenvalue weighted by atomic mass is 35.5. The lowest BCUT2D eigenvalue weighted by atomic mass is 10.0. The smallest absolute Gasteiger partial charge is 0.139 e. The number of H-pyrrole nitrogens is 1. The fraction of sp³-hybridized carbons (Fsp3) is 0.318. The Morgan fingerprint density at radius 3 is 2.89 bits per heavy atom. The third-order valence-corrected chi connectivity index (χ3v) is 5.79. The van der Waals surface area contributed by atoms with Crippen molar-refractivity contribution in [3.05, 3.63) is 47.2 Å². The summed E-state index contributed by atoms with van der Waals surface area (Å²) in [6.45, 7) is 7.23. The van der Waals surface area contributed by atoms with E-state index < -0.39 is 0 Å². The quantitative estimate of drug-likeness (QED) is 0.515. The average molecular weight is 396 g/mol. The Morgan fingerprint density at radius 2 is 2.04 bits per heavy atom. The Labute approximate surface area is 168 Å². The number of fused-ring (bicyclic) bond motifs is 5. The average Bonchev–Trinajstić information content (AvgIpc) is 3.13. The van der Waals surface area contributed by atoms with E-state index >= 15 is 0 Å². The maximum absolute atomic E-state index is 6.45. The number of nitrogens with one attached hydrogen (secondary N) is 1. The van der Waals surface area contributed by atoms with E-state index in [2.05, 4.69) is 39.1 Å². The minimum atomic E-state index is 0.533. The molecule has 2 aromatic heterocycles. The summed E-state index contributed by atoms with van der Waals surface area (Å²) >= 11 is 6.45. The van der Waals surface area contributed by atoms with Crippen LogP contribution in [0.5, 0.6) is 5.75 Å². The number of aryl methyl sites for hydroxylation is 1. The Bertz CT molecular complexity index is 1170. The standard InChI is InChI=1S/C22H22ClN3O2/c1-14-13-24-22(23)20-19-17-4-3-16(28-11-8-26-6-9-27-10-7-26)12-15(17)2-5-18(19)25-21(14)20/h2-5,12-13,25H,6-11H2,1H3. The lowest BCUT2D eigenvalue weighted by Crippen LogP contribution is -2.38. The maximum atomic E-state index is 6.45. The Balaban J connectivity index is 1.47. The largest absolute Gasteiger partial charge is 0.492 e. The molecule has 0 atom stereocenters. The number of aromatic amines is 1. The number of aromatic nitrogens is 2. The van der Waals surface area contributed by atoms with E-state index in [0.29, 0.717) is 11.8 Å². The molecule has 1 fully saturated rings. The summed E-state index contributed by atoms with van der Waals surface area (Å²) in [5.41, 5.74) is 3.21. The second-order valence-corrected chi connectivity index (χ2v) is 7.64. The van der Waals surface area contributed by atoms with Crippen molar-refractivity contribution in [1.29, 1.82) is 0 Å². The van der Waals surface area contributed by atoms with Gasteiger partial charge in [-0.05, 0) is 47.5 Å². The molecule has 4 aromatic rings. The van der Waals surface area contributed by atoms with Crippen molar-refractivity contribution in [2.24, 2.45) is 0 Å². The molecule has 144 valence electrons. The van der Waals surface area contributed by atoms with E-state index in [4.69, 9.17) is 21.1 Å².